The maximum atomic E-state index is 12.4. The summed E-state index contributed by atoms with van der Waals surface area (Å²) in [4.78, 5) is 25.4. The van der Waals surface area contributed by atoms with Gasteiger partial charge in [0.05, 0.1) is 25.0 Å². The van der Waals surface area contributed by atoms with Crippen LogP contribution in [-0.4, -0.2) is 48.2 Å². The van der Waals surface area contributed by atoms with E-state index >= 15 is 0 Å². The predicted octanol–water partition coefficient (Wildman–Crippen LogP) is 0.982. The first-order chi connectivity index (χ1) is 8.63. The number of carbonyl (C=O) groups excluding carboxylic acids is 1. The van der Waals surface area contributed by atoms with Crippen molar-refractivity contribution in [2.24, 2.45) is 17.8 Å². The van der Waals surface area contributed by atoms with Crippen LogP contribution in [0.4, 0.5) is 0 Å². The van der Waals surface area contributed by atoms with Crippen molar-refractivity contribution in [3.8, 4) is 0 Å². The first kappa shape index (κ1) is 13.3. The molecule has 1 saturated heterocycles. The minimum atomic E-state index is -0.822. The van der Waals surface area contributed by atoms with E-state index in [0.717, 1.165) is 12.8 Å². The minimum Gasteiger partial charge on any atom is -0.481 e. The highest BCUT2D eigenvalue weighted by molar-refractivity contribution is 5.85. The largest absolute Gasteiger partial charge is 0.481 e. The highest BCUT2D eigenvalue weighted by Crippen LogP contribution is 2.39. The molecule has 1 unspecified atom stereocenters. The number of carboxylic acids is 1. The van der Waals surface area contributed by atoms with Crippen LogP contribution in [0, 0.1) is 17.8 Å². The second-order valence-electron chi connectivity index (χ2n) is 5.23. The Kier molecular flexibility index (Phi) is 4.22. The van der Waals surface area contributed by atoms with Gasteiger partial charge in [0.2, 0.25) is 5.91 Å². The Morgan fingerprint density at radius 3 is 2.39 bits per heavy atom. The Labute approximate surface area is 107 Å². The molecular weight excluding hydrogens is 234 g/mol. The maximum absolute atomic E-state index is 12.4. The van der Waals surface area contributed by atoms with Crippen LogP contribution in [0.5, 0.6) is 0 Å². The molecule has 5 heteroatoms. The SMILES string of the molecule is CCC1C[C@H](C(=O)N2CCOCC2)[C@H](C(=O)O)C1. The van der Waals surface area contributed by atoms with Crippen LogP contribution >= 0.6 is 0 Å². The highest BCUT2D eigenvalue weighted by atomic mass is 16.5. The molecule has 2 aliphatic rings. The summed E-state index contributed by atoms with van der Waals surface area (Å²) in [5.41, 5.74) is 0. The first-order valence-electron chi connectivity index (χ1n) is 6.72. The van der Waals surface area contributed by atoms with Gasteiger partial charge >= 0.3 is 5.97 Å². The van der Waals surface area contributed by atoms with Crippen LogP contribution in [0.3, 0.4) is 0 Å². The van der Waals surface area contributed by atoms with Gasteiger partial charge in [-0.2, -0.15) is 0 Å². The van der Waals surface area contributed by atoms with Crippen molar-refractivity contribution in [3.63, 3.8) is 0 Å². The number of hydrogen-bond acceptors (Lipinski definition) is 3. The lowest BCUT2D eigenvalue weighted by molar-refractivity contribution is -0.150. The molecule has 102 valence electrons. The third-order valence-electron chi connectivity index (χ3n) is 4.19. The lowest BCUT2D eigenvalue weighted by atomic mass is 9.94. The van der Waals surface area contributed by atoms with Crippen LogP contribution in [-0.2, 0) is 14.3 Å². The van der Waals surface area contributed by atoms with E-state index in [4.69, 9.17) is 4.74 Å². The number of ether oxygens (including phenoxy) is 1. The fourth-order valence-corrected chi connectivity index (χ4v) is 3.04. The lowest BCUT2D eigenvalue weighted by Gasteiger charge is -2.30. The van der Waals surface area contributed by atoms with Gasteiger partial charge < -0.3 is 14.7 Å². The fourth-order valence-electron chi connectivity index (χ4n) is 3.04. The summed E-state index contributed by atoms with van der Waals surface area (Å²) in [6.07, 6.45) is 2.33. The van der Waals surface area contributed by atoms with Crippen molar-refractivity contribution in [3.05, 3.63) is 0 Å². The van der Waals surface area contributed by atoms with Gasteiger partial charge in [-0.25, -0.2) is 0 Å². The second-order valence-corrected chi connectivity index (χ2v) is 5.23. The molecule has 1 aliphatic heterocycles. The number of rotatable bonds is 3. The van der Waals surface area contributed by atoms with Crippen LogP contribution in [0.1, 0.15) is 26.2 Å². The van der Waals surface area contributed by atoms with Crippen molar-refractivity contribution < 1.29 is 19.4 Å². The van der Waals surface area contributed by atoms with E-state index in [1.54, 1.807) is 4.90 Å². The Bertz CT molecular complexity index is 325. The lowest BCUT2D eigenvalue weighted by Crippen LogP contribution is -2.45. The summed E-state index contributed by atoms with van der Waals surface area (Å²) >= 11 is 0. The second kappa shape index (κ2) is 5.69. The standard InChI is InChI=1S/C13H21NO4/c1-2-9-7-10(11(8-9)13(16)17)12(15)14-3-5-18-6-4-14/h9-11H,2-8H2,1H3,(H,16,17)/t9?,10-,11+/m0/s1. The zero-order chi connectivity index (χ0) is 13.1. The summed E-state index contributed by atoms with van der Waals surface area (Å²) in [5.74, 6) is -1.25. The van der Waals surface area contributed by atoms with Gasteiger partial charge in [-0.15, -0.1) is 0 Å². The summed E-state index contributed by atoms with van der Waals surface area (Å²) in [5, 5.41) is 9.25. The molecule has 1 heterocycles. The molecule has 0 aromatic carbocycles. The first-order valence-corrected chi connectivity index (χ1v) is 6.72. The molecule has 1 aliphatic carbocycles. The van der Waals surface area contributed by atoms with Gasteiger partial charge in [-0.3, -0.25) is 9.59 Å². The molecule has 3 atom stereocenters. The van der Waals surface area contributed by atoms with E-state index < -0.39 is 11.9 Å². The molecular formula is C13H21NO4. The molecule has 18 heavy (non-hydrogen) atoms. The molecule has 2 fully saturated rings. The third kappa shape index (κ3) is 2.66. The van der Waals surface area contributed by atoms with Gasteiger partial charge in [0, 0.05) is 13.1 Å². The summed E-state index contributed by atoms with van der Waals surface area (Å²) < 4.78 is 5.22. The van der Waals surface area contributed by atoms with Gasteiger partial charge in [0.15, 0.2) is 0 Å². The minimum absolute atomic E-state index is 0.0154. The van der Waals surface area contributed by atoms with Gasteiger partial charge in [0.25, 0.3) is 0 Å². The molecule has 0 radical (unpaired) electrons. The van der Waals surface area contributed by atoms with E-state index in [1.165, 1.54) is 0 Å². The number of morpholine rings is 1. The Balaban J connectivity index is 2.04. The maximum Gasteiger partial charge on any atom is 0.307 e. The molecule has 1 N–H and O–H groups in total. The highest BCUT2D eigenvalue weighted by Gasteiger charge is 2.43. The summed E-state index contributed by atoms with van der Waals surface area (Å²) in [7, 11) is 0. The average Bonchev–Trinajstić information content (AvgIpc) is 2.83. The van der Waals surface area contributed by atoms with E-state index in [0.29, 0.717) is 38.6 Å². The molecule has 0 aromatic rings. The van der Waals surface area contributed by atoms with E-state index in [-0.39, 0.29) is 11.8 Å². The monoisotopic (exact) mass is 255 g/mol. The molecule has 1 amide bonds. The molecule has 0 aromatic heterocycles. The van der Waals surface area contributed by atoms with E-state index in [9.17, 15) is 14.7 Å². The van der Waals surface area contributed by atoms with E-state index in [2.05, 4.69) is 6.92 Å². The number of amides is 1. The smallest absolute Gasteiger partial charge is 0.307 e. The number of hydrogen-bond donors (Lipinski definition) is 1. The zero-order valence-electron chi connectivity index (χ0n) is 10.8. The predicted molar refractivity (Wildman–Crippen MR) is 65.0 cm³/mol. The van der Waals surface area contributed by atoms with Gasteiger partial charge in [-0.05, 0) is 18.8 Å². The normalized spacial score (nSPS) is 32.5. The average molecular weight is 255 g/mol. The summed E-state index contributed by atoms with van der Waals surface area (Å²) in [6.45, 7) is 4.38. The van der Waals surface area contributed by atoms with Crippen LogP contribution in [0.15, 0.2) is 0 Å². The number of nitrogens with zero attached hydrogens (tertiary/aromatic N) is 1. The van der Waals surface area contributed by atoms with E-state index in [1.807, 2.05) is 0 Å². The topological polar surface area (TPSA) is 66.8 Å². The Hall–Kier alpha value is -1.10. The Morgan fingerprint density at radius 1 is 1.22 bits per heavy atom. The van der Waals surface area contributed by atoms with Crippen LogP contribution < -0.4 is 0 Å². The van der Waals surface area contributed by atoms with Gasteiger partial charge in [0.1, 0.15) is 0 Å². The van der Waals surface area contributed by atoms with Crippen LogP contribution in [0.2, 0.25) is 0 Å². The van der Waals surface area contributed by atoms with Crippen LogP contribution in [0.25, 0.3) is 0 Å². The number of carbonyl (C=O) groups is 2. The van der Waals surface area contributed by atoms with Crippen molar-refractivity contribution in [2.45, 2.75) is 26.2 Å². The molecule has 2 rings (SSSR count). The number of aliphatic carboxylic acids is 1. The fraction of sp³-hybridized carbons (Fsp3) is 0.846. The number of carboxylic acid groups (broad SMARTS) is 1. The molecule has 5 nitrogen and oxygen atoms in total. The molecule has 1 saturated carbocycles. The zero-order valence-corrected chi connectivity index (χ0v) is 10.8. The van der Waals surface area contributed by atoms with Crippen molar-refractivity contribution in [1.82, 2.24) is 4.90 Å². The summed E-state index contributed by atoms with van der Waals surface area (Å²) in [6, 6.07) is 0. The quantitative estimate of drug-likeness (QED) is 0.816. The van der Waals surface area contributed by atoms with Crippen molar-refractivity contribution >= 4 is 11.9 Å². The van der Waals surface area contributed by atoms with Gasteiger partial charge in [-0.1, -0.05) is 13.3 Å². The molecule has 0 bridgehead atoms. The Morgan fingerprint density at radius 2 is 1.83 bits per heavy atom. The van der Waals surface area contributed by atoms with Crippen molar-refractivity contribution in [1.29, 1.82) is 0 Å². The molecule has 0 spiro atoms. The third-order valence-corrected chi connectivity index (χ3v) is 4.19. The van der Waals surface area contributed by atoms with Crippen molar-refractivity contribution in [2.75, 3.05) is 26.3 Å².